The molecular formula is C15H28N2O2. The largest absolute Gasteiger partial charge is 0.373 e. The topological polar surface area (TPSA) is 47.3 Å². The molecule has 0 aliphatic rings. The Morgan fingerprint density at radius 2 is 2.05 bits per heavy atom. The lowest BCUT2D eigenvalue weighted by Crippen LogP contribution is -2.21. The van der Waals surface area contributed by atoms with E-state index in [-0.39, 0.29) is 0 Å². The highest BCUT2D eigenvalue weighted by Gasteiger charge is 2.04. The third-order valence-electron chi connectivity index (χ3n) is 2.94. The molecule has 0 amide bonds. The fraction of sp³-hybridized carbons (Fsp3) is 0.800. The molecule has 4 heteroatoms. The van der Waals surface area contributed by atoms with Gasteiger partial charge in [0.05, 0.1) is 5.69 Å². The molecule has 1 aromatic rings. The van der Waals surface area contributed by atoms with Gasteiger partial charge in [-0.3, -0.25) is 0 Å². The lowest BCUT2D eigenvalue weighted by molar-refractivity contribution is 0.0975. The Labute approximate surface area is 116 Å². The van der Waals surface area contributed by atoms with Gasteiger partial charge in [-0.1, -0.05) is 51.6 Å². The number of nitrogens with one attached hydrogen (secondary N) is 1. The zero-order chi connectivity index (χ0) is 13.9. The number of nitrogens with zero attached hydrogens (tertiary/aromatic N) is 1. The molecule has 1 heterocycles. The van der Waals surface area contributed by atoms with Gasteiger partial charge in [0.1, 0.15) is 6.61 Å². The second-order valence-electron chi connectivity index (χ2n) is 5.29. The quantitative estimate of drug-likeness (QED) is 0.622. The van der Waals surface area contributed by atoms with Gasteiger partial charge < -0.3 is 14.6 Å². The van der Waals surface area contributed by atoms with Crippen molar-refractivity contribution in [1.29, 1.82) is 0 Å². The highest BCUT2D eigenvalue weighted by molar-refractivity contribution is 5.04. The van der Waals surface area contributed by atoms with Gasteiger partial charge in [-0.05, 0) is 6.42 Å². The maximum atomic E-state index is 5.58. The van der Waals surface area contributed by atoms with E-state index in [9.17, 15) is 0 Å². The van der Waals surface area contributed by atoms with Crippen LogP contribution in [0.2, 0.25) is 0 Å². The summed E-state index contributed by atoms with van der Waals surface area (Å²) in [5.74, 6) is 0.814. The van der Waals surface area contributed by atoms with Crippen LogP contribution in [0.15, 0.2) is 10.6 Å². The standard InChI is InChI=1S/C15H28N2O2/c1-4-5-6-7-8-9-18-12-15-10-14(17-19-15)11-16-13(2)3/h10,13,16H,4-9,11-12H2,1-3H3. The number of rotatable bonds is 11. The number of unbranched alkanes of at least 4 members (excludes halogenated alkanes) is 4. The molecule has 0 spiro atoms. The Balaban J connectivity index is 2.06. The van der Waals surface area contributed by atoms with Crippen LogP contribution in [0.3, 0.4) is 0 Å². The van der Waals surface area contributed by atoms with Gasteiger partial charge in [0.25, 0.3) is 0 Å². The molecule has 0 aliphatic heterocycles. The summed E-state index contributed by atoms with van der Waals surface area (Å²) in [4.78, 5) is 0. The summed E-state index contributed by atoms with van der Waals surface area (Å²) in [5, 5.41) is 7.32. The molecule has 0 saturated carbocycles. The maximum Gasteiger partial charge on any atom is 0.162 e. The van der Waals surface area contributed by atoms with Gasteiger partial charge in [-0.25, -0.2) is 0 Å². The highest BCUT2D eigenvalue weighted by atomic mass is 16.5. The molecule has 0 aliphatic carbocycles. The molecule has 0 aromatic carbocycles. The molecule has 0 unspecified atom stereocenters. The van der Waals surface area contributed by atoms with Crippen molar-refractivity contribution in [3.63, 3.8) is 0 Å². The monoisotopic (exact) mass is 268 g/mol. The Hall–Kier alpha value is -0.870. The fourth-order valence-electron chi connectivity index (χ4n) is 1.80. The molecule has 0 radical (unpaired) electrons. The van der Waals surface area contributed by atoms with E-state index in [2.05, 4.69) is 31.2 Å². The zero-order valence-corrected chi connectivity index (χ0v) is 12.6. The molecule has 1 rings (SSSR count). The summed E-state index contributed by atoms with van der Waals surface area (Å²) in [6, 6.07) is 2.42. The highest BCUT2D eigenvalue weighted by Crippen LogP contribution is 2.07. The van der Waals surface area contributed by atoms with Crippen LogP contribution in [0.5, 0.6) is 0 Å². The van der Waals surface area contributed by atoms with Crippen molar-refractivity contribution in [3.05, 3.63) is 17.5 Å². The van der Waals surface area contributed by atoms with Crippen molar-refractivity contribution in [2.45, 2.75) is 72.1 Å². The van der Waals surface area contributed by atoms with Gasteiger partial charge in [-0.2, -0.15) is 0 Å². The van der Waals surface area contributed by atoms with Crippen LogP contribution < -0.4 is 5.32 Å². The van der Waals surface area contributed by atoms with E-state index in [1.165, 1.54) is 25.7 Å². The van der Waals surface area contributed by atoms with Crippen LogP contribution in [-0.2, 0) is 17.9 Å². The summed E-state index contributed by atoms with van der Waals surface area (Å²) < 4.78 is 10.8. The number of ether oxygens (including phenoxy) is 1. The van der Waals surface area contributed by atoms with Crippen molar-refractivity contribution in [2.24, 2.45) is 0 Å². The molecule has 0 saturated heterocycles. The SMILES string of the molecule is CCCCCCCOCc1cc(CNC(C)C)no1. The molecular weight excluding hydrogens is 240 g/mol. The normalized spacial score (nSPS) is 11.4. The van der Waals surface area contributed by atoms with Gasteiger partial charge >= 0.3 is 0 Å². The van der Waals surface area contributed by atoms with Crippen LogP contribution in [0.4, 0.5) is 0 Å². The first kappa shape index (κ1) is 16.2. The predicted octanol–water partition coefficient (Wildman–Crippen LogP) is 3.66. The van der Waals surface area contributed by atoms with Crippen LogP contribution in [0.1, 0.15) is 64.3 Å². The molecule has 1 aromatic heterocycles. The van der Waals surface area contributed by atoms with Gasteiger partial charge in [0.2, 0.25) is 0 Å². The van der Waals surface area contributed by atoms with Gasteiger partial charge in [-0.15, -0.1) is 0 Å². The Morgan fingerprint density at radius 1 is 1.26 bits per heavy atom. The van der Waals surface area contributed by atoms with E-state index in [4.69, 9.17) is 9.26 Å². The van der Waals surface area contributed by atoms with E-state index >= 15 is 0 Å². The number of hydrogen-bond acceptors (Lipinski definition) is 4. The van der Waals surface area contributed by atoms with Crippen LogP contribution in [0, 0.1) is 0 Å². The molecule has 110 valence electrons. The van der Waals surface area contributed by atoms with E-state index in [1.807, 2.05) is 6.07 Å². The Morgan fingerprint density at radius 3 is 2.79 bits per heavy atom. The van der Waals surface area contributed by atoms with Crippen molar-refractivity contribution < 1.29 is 9.26 Å². The summed E-state index contributed by atoms with van der Waals surface area (Å²) in [6.07, 6.45) is 6.32. The Bertz CT molecular complexity index is 324. The molecule has 0 bridgehead atoms. The lowest BCUT2D eigenvalue weighted by Gasteiger charge is -2.03. The van der Waals surface area contributed by atoms with Crippen molar-refractivity contribution >= 4 is 0 Å². The predicted molar refractivity (Wildman–Crippen MR) is 76.9 cm³/mol. The first-order valence-electron chi connectivity index (χ1n) is 7.48. The molecule has 0 fully saturated rings. The number of hydrogen-bond donors (Lipinski definition) is 1. The maximum absolute atomic E-state index is 5.58. The summed E-state index contributed by atoms with van der Waals surface area (Å²) in [5.41, 5.74) is 0.940. The zero-order valence-electron chi connectivity index (χ0n) is 12.6. The molecule has 0 atom stereocenters. The number of aromatic nitrogens is 1. The molecule has 4 nitrogen and oxygen atoms in total. The van der Waals surface area contributed by atoms with E-state index < -0.39 is 0 Å². The van der Waals surface area contributed by atoms with Gasteiger partial charge in [0.15, 0.2) is 5.76 Å². The minimum absolute atomic E-state index is 0.458. The average molecular weight is 268 g/mol. The van der Waals surface area contributed by atoms with E-state index in [0.717, 1.165) is 31.0 Å². The third-order valence-corrected chi connectivity index (χ3v) is 2.94. The van der Waals surface area contributed by atoms with Crippen LogP contribution in [0.25, 0.3) is 0 Å². The second kappa shape index (κ2) is 9.98. The summed E-state index contributed by atoms with van der Waals surface area (Å²) >= 11 is 0. The smallest absolute Gasteiger partial charge is 0.162 e. The van der Waals surface area contributed by atoms with Gasteiger partial charge in [0, 0.05) is 25.3 Å². The fourth-order valence-corrected chi connectivity index (χ4v) is 1.80. The lowest BCUT2D eigenvalue weighted by atomic mass is 10.2. The van der Waals surface area contributed by atoms with Crippen LogP contribution in [-0.4, -0.2) is 17.8 Å². The van der Waals surface area contributed by atoms with Crippen molar-refractivity contribution in [2.75, 3.05) is 6.61 Å². The van der Waals surface area contributed by atoms with Crippen molar-refractivity contribution in [3.8, 4) is 0 Å². The first-order valence-corrected chi connectivity index (χ1v) is 7.48. The van der Waals surface area contributed by atoms with E-state index in [0.29, 0.717) is 12.6 Å². The first-order chi connectivity index (χ1) is 9.22. The molecule has 19 heavy (non-hydrogen) atoms. The minimum atomic E-state index is 0.458. The summed E-state index contributed by atoms with van der Waals surface area (Å²) in [7, 11) is 0. The van der Waals surface area contributed by atoms with Crippen molar-refractivity contribution in [1.82, 2.24) is 10.5 Å². The molecule has 1 N–H and O–H groups in total. The third kappa shape index (κ3) is 8.01. The van der Waals surface area contributed by atoms with E-state index in [1.54, 1.807) is 0 Å². The second-order valence-corrected chi connectivity index (χ2v) is 5.29. The van der Waals surface area contributed by atoms with Crippen LogP contribution >= 0.6 is 0 Å². The summed E-state index contributed by atoms with van der Waals surface area (Å²) in [6.45, 7) is 8.54. The Kier molecular flexibility index (Phi) is 8.50. The minimum Gasteiger partial charge on any atom is -0.373 e. The average Bonchev–Trinajstić information content (AvgIpc) is 2.83.